The molecule has 3 aromatic rings. The molecular formula is C29H37N3O5. The number of rotatable bonds is 10. The first-order valence-corrected chi connectivity index (χ1v) is 13.0. The number of carbonyl (C=O) groups is 1. The first kappa shape index (κ1) is 26.8. The fourth-order valence-electron chi connectivity index (χ4n) is 4.63. The summed E-state index contributed by atoms with van der Waals surface area (Å²) in [5, 5.41) is 4.31. The Morgan fingerprint density at radius 3 is 2.76 bits per heavy atom. The Bertz CT molecular complexity index is 1280. The number of fused-ring (bicyclic) bond motifs is 1. The van der Waals surface area contributed by atoms with Crippen molar-refractivity contribution in [2.75, 3.05) is 26.4 Å². The maximum absolute atomic E-state index is 12.6. The highest BCUT2D eigenvalue weighted by Crippen LogP contribution is 2.28. The van der Waals surface area contributed by atoms with Crippen molar-refractivity contribution >= 4 is 16.9 Å². The molecule has 1 unspecified atom stereocenters. The SMILES string of the molecule is CCc1cc2ccc(OCCN[C@H](C(=O)OC3CCOC3)C(C)C)cc2nc1-c1cc(C)c(=O)n(C)c1. The van der Waals surface area contributed by atoms with Gasteiger partial charge in [0.2, 0.25) is 0 Å². The third-order valence-corrected chi connectivity index (χ3v) is 6.71. The summed E-state index contributed by atoms with van der Waals surface area (Å²) in [6.07, 6.45) is 3.26. The number of nitrogens with one attached hydrogen (secondary N) is 1. The van der Waals surface area contributed by atoms with Crippen molar-refractivity contribution in [3.63, 3.8) is 0 Å². The van der Waals surface area contributed by atoms with Crippen LogP contribution in [0.2, 0.25) is 0 Å². The van der Waals surface area contributed by atoms with E-state index in [1.165, 1.54) is 0 Å². The standard InChI is InChI=1S/C29H37N3O5/c1-6-20-14-21-7-8-23(15-25(21)31-27(20)22-13-19(4)28(33)32(5)16-22)36-12-10-30-26(18(2)3)29(34)37-24-9-11-35-17-24/h7-8,13-16,18,24,26,30H,6,9-12,17H2,1-5H3/t24?,26-/m0/s1. The van der Waals surface area contributed by atoms with E-state index in [-0.39, 0.29) is 23.6 Å². The molecule has 4 rings (SSSR count). The monoisotopic (exact) mass is 507 g/mol. The highest BCUT2D eigenvalue weighted by Gasteiger charge is 2.27. The van der Waals surface area contributed by atoms with Crippen LogP contribution in [0.4, 0.5) is 0 Å². The third-order valence-electron chi connectivity index (χ3n) is 6.71. The molecule has 1 aromatic carbocycles. The molecule has 0 spiro atoms. The van der Waals surface area contributed by atoms with Crippen molar-refractivity contribution in [1.82, 2.24) is 14.9 Å². The molecule has 1 saturated heterocycles. The maximum atomic E-state index is 12.6. The molecule has 1 aliphatic rings. The van der Waals surface area contributed by atoms with Crippen LogP contribution in [0.15, 0.2) is 41.3 Å². The molecule has 0 saturated carbocycles. The minimum Gasteiger partial charge on any atom is -0.492 e. The van der Waals surface area contributed by atoms with Crippen LogP contribution in [-0.2, 0) is 27.7 Å². The fraction of sp³-hybridized carbons (Fsp3) is 0.483. The predicted molar refractivity (Wildman–Crippen MR) is 144 cm³/mol. The quantitative estimate of drug-likeness (QED) is 0.330. The second kappa shape index (κ2) is 11.9. The lowest BCUT2D eigenvalue weighted by molar-refractivity contribution is -0.152. The molecule has 2 atom stereocenters. The zero-order valence-electron chi connectivity index (χ0n) is 22.4. The van der Waals surface area contributed by atoms with Crippen LogP contribution in [0, 0.1) is 12.8 Å². The summed E-state index contributed by atoms with van der Waals surface area (Å²) in [5.74, 6) is 0.556. The number of nitrogens with zero attached hydrogens (tertiary/aromatic N) is 2. The summed E-state index contributed by atoms with van der Waals surface area (Å²) in [4.78, 5) is 29.7. The predicted octanol–water partition coefficient (Wildman–Crippen LogP) is 3.80. The van der Waals surface area contributed by atoms with Crippen LogP contribution in [0.3, 0.4) is 0 Å². The van der Waals surface area contributed by atoms with Crippen molar-refractivity contribution < 1.29 is 19.0 Å². The first-order valence-electron chi connectivity index (χ1n) is 13.0. The lowest BCUT2D eigenvalue weighted by atomic mass is 10.0. The van der Waals surface area contributed by atoms with Crippen LogP contribution in [0.1, 0.15) is 38.3 Å². The highest BCUT2D eigenvalue weighted by atomic mass is 16.6. The van der Waals surface area contributed by atoms with Crippen LogP contribution in [0.5, 0.6) is 5.75 Å². The van der Waals surface area contributed by atoms with Gasteiger partial charge < -0.3 is 24.1 Å². The zero-order chi connectivity index (χ0) is 26.5. The average molecular weight is 508 g/mol. The van der Waals surface area contributed by atoms with E-state index < -0.39 is 6.04 Å². The summed E-state index contributed by atoms with van der Waals surface area (Å²) in [5.41, 5.74) is 4.43. The molecule has 3 heterocycles. The smallest absolute Gasteiger partial charge is 0.323 e. The van der Waals surface area contributed by atoms with Gasteiger partial charge in [0.25, 0.3) is 5.56 Å². The van der Waals surface area contributed by atoms with Gasteiger partial charge in [-0.25, -0.2) is 4.98 Å². The Kier molecular flexibility index (Phi) is 8.61. The molecule has 1 N–H and O–H groups in total. The van der Waals surface area contributed by atoms with E-state index in [2.05, 4.69) is 18.3 Å². The molecular weight excluding hydrogens is 470 g/mol. The number of ether oxygens (including phenoxy) is 3. The van der Waals surface area contributed by atoms with Crippen molar-refractivity contribution in [2.24, 2.45) is 13.0 Å². The summed E-state index contributed by atoms with van der Waals surface area (Å²) in [6.45, 7) is 9.93. The van der Waals surface area contributed by atoms with E-state index in [0.29, 0.717) is 37.7 Å². The largest absolute Gasteiger partial charge is 0.492 e. The Labute approximate surface area is 218 Å². The van der Waals surface area contributed by atoms with Crippen molar-refractivity contribution in [1.29, 1.82) is 0 Å². The number of hydrogen-bond acceptors (Lipinski definition) is 7. The van der Waals surface area contributed by atoms with Crippen molar-refractivity contribution in [3.8, 4) is 17.0 Å². The molecule has 198 valence electrons. The molecule has 0 aliphatic carbocycles. The Hall–Kier alpha value is -3.23. The minimum atomic E-state index is -0.400. The van der Waals surface area contributed by atoms with Gasteiger partial charge >= 0.3 is 5.97 Å². The molecule has 0 radical (unpaired) electrons. The van der Waals surface area contributed by atoms with Crippen LogP contribution < -0.4 is 15.6 Å². The van der Waals surface area contributed by atoms with Gasteiger partial charge in [-0.1, -0.05) is 20.8 Å². The third kappa shape index (κ3) is 6.37. The van der Waals surface area contributed by atoms with Crippen LogP contribution >= 0.6 is 0 Å². The minimum absolute atomic E-state index is 0.00703. The summed E-state index contributed by atoms with van der Waals surface area (Å²) in [7, 11) is 1.76. The summed E-state index contributed by atoms with van der Waals surface area (Å²) >= 11 is 0. The van der Waals surface area contributed by atoms with E-state index >= 15 is 0 Å². The van der Waals surface area contributed by atoms with Gasteiger partial charge in [-0.05, 0) is 49.1 Å². The molecule has 8 heteroatoms. The second-order valence-electron chi connectivity index (χ2n) is 9.98. The zero-order valence-corrected chi connectivity index (χ0v) is 22.4. The maximum Gasteiger partial charge on any atom is 0.323 e. The number of aromatic nitrogens is 2. The van der Waals surface area contributed by atoms with E-state index in [1.54, 1.807) is 11.6 Å². The van der Waals surface area contributed by atoms with Gasteiger partial charge in [-0.15, -0.1) is 0 Å². The average Bonchev–Trinajstić information content (AvgIpc) is 3.38. The topological polar surface area (TPSA) is 91.7 Å². The Morgan fingerprint density at radius 1 is 1.27 bits per heavy atom. The lowest BCUT2D eigenvalue weighted by Gasteiger charge is -2.22. The summed E-state index contributed by atoms with van der Waals surface area (Å²) < 4.78 is 18.5. The van der Waals surface area contributed by atoms with Crippen molar-refractivity contribution in [3.05, 3.63) is 58.0 Å². The van der Waals surface area contributed by atoms with E-state index in [9.17, 15) is 9.59 Å². The van der Waals surface area contributed by atoms with Gasteiger partial charge in [0.05, 0.1) is 24.4 Å². The second-order valence-corrected chi connectivity index (χ2v) is 9.98. The molecule has 0 amide bonds. The van der Waals surface area contributed by atoms with Crippen LogP contribution in [-0.4, -0.2) is 54.0 Å². The Morgan fingerprint density at radius 2 is 2.08 bits per heavy atom. The first-order chi connectivity index (χ1) is 17.8. The molecule has 8 nitrogen and oxygen atoms in total. The molecule has 0 bridgehead atoms. The van der Waals surface area contributed by atoms with E-state index in [4.69, 9.17) is 19.2 Å². The van der Waals surface area contributed by atoms with Crippen molar-refractivity contribution in [2.45, 2.75) is 52.7 Å². The molecule has 37 heavy (non-hydrogen) atoms. The molecule has 1 fully saturated rings. The van der Waals surface area contributed by atoms with Gasteiger partial charge in [-0.3, -0.25) is 9.59 Å². The van der Waals surface area contributed by atoms with Gasteiger partial charge in [0.15, 0.2) is 0 Å². The molecule has 1 aliphatic heterocycles. The van der Waals surface area contributed by atoms with E-state index in [0.717, 1.165) is 40.6 Å². The lowest BCUT2D eigenvalue weighted by Crippen LogP contribution is -2.45. The number of carbonyl (C=O) groups excluding carboxylic acids is 1. The van der Waals surface area contributed by atoms with Gasteiger partial charge in [0.1, 0.15) is 24.5 Å². The number of benzene rings is 1. The number of pyridine rings is 2. The van der Waals surface area contributed by atoms with Crippen LogP contribution in [0.25, 0.3) is 22.2 Å². The van der Waals surface area contributed by atoms with Gasteiger partial charge in [-0.2, -0.15) is 0 Å². The molecule has 2 aromatic heterocycles. The Balaban J connectivity index is 1.44. The van der Waals surface area contributed by atoms with E-state index in [1.807, 2.05) is 51.2 Å². The highest BCUT2D eigenvalue weighted by molar-refractivity contribution is 5.84. The summed E-state index contributed by atoms with van der Waals surface area (Å²) in [6, 6.07) is 9.53. The van der Waals surface area contributed by atoms with Gasteiger partial charge in [0, 0.05) is 48.8 Å². The normalized spacial score (nSPS) is 16.3. The fourth-order valence-corrected chi connectivity index (χ4v) is 4.63. The number of aryl methyl sites for hydroxylation is 3. The number of esters is 1. The number of hydrogen-bond donors (Lipinski definition) is 1.